The van der Waals surface area contributed by atoms with Crippen LogP contribution < -0.4 is 5.73 Å². The van der Waals surface area contributed by atoms with Crippen LogP contribution in [0.3, 0.4) is 0 Å². The molecule has 0 heterocycles. The first kappa shape index (κ1) is 9.72. The molecule has 1 aromatic carbocycles. The highest BCUT2D eigenvalue weighted by atomic mass is 14.6. The Kier molecular flexibility index (Phi) is 2.60. The number of nitrogens with two attached hydrogens (primary N) is 1. The molecule has 76 valence electrons. The Balaban J connectivity index is 2.39. The minimum Gasteiger partial charge on any atom is -0.324 e. The number of hydrogen-bond donors (Lipinski definition) is 1. The van der Waals surface area contributed by atoms with Crippen LogP contribution in [-0.4, -0.2) is 0 Å². The zero-order valence-electron chi connectivity index (χ0n) is 9.09. The van der Waals surface area contributed by atoms with E-state index in [1.165, 1.54) is 29.5 Å². The van der Waals surface area contributed by atoms with E-state index in [0.717, 1.165) is 6.42 Å². The Hall–Kier alpha value is -0.820. The molecule has 0 aromatic heterocycles. The first-order valence-corrected chi connectivity index (χ1v) is 5.57. The summed E-state index contributed by atoms with van der Waals surface area (Å²) in [4.78, 5) is 0. The molecule has 0 bridgehead atoms. The summed E-state index contributed by atoms with van der Waals surface area (Å²) in [5.41, 5.74) is 10.4. The fourth-order valence-corrected chi connectivity index (χ4v) is 2.23. The largest absolute Gasteiger partial charge is 0.324 e. The summed E-state index contributed by atoms with van der Waals surface area (Å²) in [7, 11) is 0. The first-order chi connectivity index (χ1) is 6.68. The maximum absolute atomic E-state index is 6.07. The molecule has 1 atom stereocenters. The predicted octanol–water partition coefficient (Wildman–Crippen LogP) is 3.15. The Morgan fingerprint density at radius 1 is 1.36 bits per heavy atom. The lowest BCUT2D eigenvalue weighted by Crippen LogP contribution is -2.17. The average Bonchev–Trinajstić information content (AvgIpc) is 2.17. The van der Waals surface area contributed by atoms with Crippen molar-refractivity contribution in [2.24, 2.45) is 5.73 Å². The maximum atomic E-state index is 6.07. The molecule has 1 aliphatic rings. The van der Waals surface area contributed by atoms with E-state index in [4.69, 9.17) is 5.73 Å². The monoisotopic (exact) mass is 189 g/mol. The van der Waals surface area contributed by atoms with E-state index in [0.29, 0.717) is 5.92 Å². The van der Waals surface area contributed by atoms with Gasteiger partial charge >= 0.3 is 0 Å². The van der Waals surface area contributed by atoms with Crippen LogP contribution in [0.4, 0.5) is 0 Å². The van der Waals surface area contributed by atoms with Crippen LogP contribution in [0.1, 0.15) is 55.3 Å². The van der Waals surface area contributed by atoms with Crippen LogP contribution in [0.5, 0.6) is 0 Å². The van der Waals surface area contributed by atoms with E-state index < -0.39 is 0 Å². The van der Waals surface area contributed by atoms with Gasteiger partial charge in [-0.1, -0.05) is 32.0 Å². The Morgan fingerprint density at radius 3 is 2.86 bits per heavy atom. The first-order valence-electron chi connectivity index (χ1n) is 5.57. The topological polar surface area (TPSA) is 26.0 Å². The molecule has 0 spiro atoms. The number of hydrogen-bond acceptors (Lipinski definition) is 1. The molecule has 2 N–H and O–H groups in total. The molecule has 0 fully saturated rings. The van der Waals surface area contributed by atoms with Gasteiger partial charge in [0.2, 0.25) is 0 Å². The summed E-state index contributed by atoms with van der Waals surface area (Å²) in [5, 5.41) is 0. The molecule has 14 heavy (non-hydrogen) atoms. The fraction of sp³-hybridized carbons (Fsp3) is 0.538. The third kappa shape index (κ3) is 1.69. The van der Waals surface area contributed by atoms with Crippen molar-refractivity contribution in [1.29, 1.82) is 0 Å². The van der Waals surface area contributed by atoms with Gasteiger partial charge in [-0.05, 0) is 41.9 Å². The molecule has 0 saturated carbocycles. The number of rotatable bonds is 1. The standard InChI is InChI=1S/C13H19N/c1-9(2)10-6-7-12-11(8-10)4-3-5-13(12)14/h6-9,13H,3-5,14H2,1-2H3/t13-/m1/s1. The van der Waals surface area contributed by atoms with Gasteiger partial charge in [0.05, 0.1) is 0 Å². The van der Waals surface area contributed by atoms with Gasteiger partial charge < -0.3 is 5.73 Å². The zero-order valence-corrected chi connectivity index (χ0v) is 9.09. The maximum Gasteiger partial charge on any atom is 0.0297 e. The molecule has 0 amide bonds. The predicted molar refractivity (Wildman–Crippen MR) is 60.4 cm³/mol. The van der Waals surface area contributed by atoms with Gasteiger partial charge in [0.15, 0.2) is 0 Å². The van der Waals surface area contributed by atoms with Crippen molar-refractivity contribution in [2.45, 2.75) is 45.1 Å². The van der Waals surface area contributed by atoms with Gasteiger partial charge in [-0.15, -0.1) is 0 Å². The highest BCUT2D eigenvalue weighted by molar-refractivity contribution is 5.36. The van der Waals surface area contributed by atoms with E-state index in [1.807, 2.05) is 0 Å². The van der Waals surface area contributed by atoms with Crippen molar-refractivity contribution < 1.29 is 0 Å². The van der Waals surface area contributed by atoms with E-state index in [9.17, 15) is 0 Å². The van der Waals surface area contributed by atoms with Crippen LogP contribution in [0, 0.1) is 0 Å². The SMILES string of the molecule is CC(C)c1ccc2c(c1)CCC[C@H]2N. The van der Waals surface area contributed by atoms with Crippen LogP contribution in [0.25, 0.3) is 0 Å². The lowest BCUT2D eigenvalue weighted by Gasteiger charge is -2.23. The van der Waals surface area contributed by atoms with E-state index in [1.54, 1.807) is 0 Å². The Bertz CT molecular complexity index is 328. The molecule has 0 aliphatic heterocycles. The molecule has 0 unspecified atom stereocenters. The van der Waals surface area contributed by atoms with Gasteiger partial charge in [-0.3, -0.25) is 0 Å². The van der Waals surface area contributed by atoms with Crippen molar-refractivity contribution in [2.75, 3.05) is 0 Å². The lowest BCUT2D eigenvalue weighted by molar-refractivity contribution is 0.569. The van der Waals surface area contributed by atoms with E-state index in [2.05, 4.69) is 32.0 Å². The summed E-state index contributed by atoms with van der Waals surface area (Å²) in [6.45, 7) is 4.48. The number of benzene rings is 1. The number of fused-ring (bicyclic) bond motifs is 1. The Morgan fingerprint density at radius 2 is 2.14 bits per heavy atom. The molecule has 2 rings (SSSR count). The molecule has 0 saturated heterocycles. The van der Waals surface area contributed by atoms with E-state index >= 15 is 0 Å². The zero-order chi connectivity index (χ0) is 10.1. The molecule has 1 aromatic rings. The normalized spacial score (nSPS) is 21.0. The summed E-state index contributed by atoms with van der Waals surface area (Å²) >= 11 is 0. The van der Waals surface area contributed by atoms with Gasteiger partial charge in [0, 0.05) is 6.04 Å². The summed E-state index contributed by atoms with van der Waals surface area (Å²) in [6.07, 6.45) is 3.60. The van der Waals surface area contributed by atoms with Crippen LogP contribution in [0.15, 0.2) is 18.2 Å². The van der Waals surface area contributed by atoms with Crippen LogP contribution >= 0.6 is 0 Å². The molecule has 1 aliphatic carbocycles. The summed E-state index contributed by atoms with van der Waals surface area (Å²) in [6, 6.07) is 7.09. The average molecular weight is 189 g/mol. The minimum atomic E-state index is 0.278. The second-order valence-corrected chi connectivity index (χ2v) is 4.61. The van der Waals surface area contributed by atoms with Gasteiger partial charge in [0.1, 0.15) is 0 Å². The fourth-order valence-electron chi connectivity index (χ4n) is 2.23. The van der Waals surface area contributed by atoms with Crippen LogP contribution in [-0.2, 0) is 6.42 Å². The van der Waals surface area contributed by atoms with Crippen molar-refractivity contribution in [3.05, 3.63) is 34.9 Å². The molecule has 1 heteroatoms. The van der Waals surface area contributed by atoms with Crippen LogP contribution in [0.2, 0.25) is 0 Å². The van der Waals surface area contributed by atoms with Gasteiger partial charge in [-0.25, -0.2) is 0 Å². The highest BCUT2D eigenvalue weighted by Crippen LogP contribution is 2.30. The third-order valence-electron chi connectivity index (χ3n) is 3.19. The van der Waals surface area contributed by atoms with Crippen molar-refractivity contribution in [1.82, 2.24) is 0 Å². The molecule has 0 radical (unpaired) electrons. The van der Waals surface area contributed by atoms with Crippen molar-refractivity contribution in [3.63, 3.8) is 0 Å². The van der Waals surface area contributed by atoms with Gasteiger partial charge in [0.25, 0.3) is 0 Å². The second-order valence-electron chi connectivity index (χ2n) is 4.61. The quantitative estimate of drug-likeness (QED) is 0.721. The smallest absolute Gasteiger partial charge is 0.0297 e. The van der Waals surface area contributed by atoms with Crippen molar-refractivity contribution >= 4 is 0 Å². The highest BCUT2D eigenvalue weighted by Gasteiger charge is 2.16. The summed E-state index contributed by atoms with van der Waals surface area (Å²) < 4.78 is 0. The van der Waals surface area contributed by atoms with E-state index in [-0.39, 0.29) is 6.04 Å². The molecular formula is C13H19N. The van der Waals surface area contributed by atoms with Crippen molar-refractivity contribution in [3.8, 4) is 0 Å². The molecular weight excluding hydrogens is 170 g/mol. The minimum absolute atomic E-state index is 0.278. The number of aryl methyl sites for hydroxylation is 1. The lowest BCUT2D eigenvalue weighted by atomic mass is 9.85. The molecule has 1 nitrogen and oxygen atoms in total. The third-order valence-corrected chi connectivity index (χ3v) is 3.19. The van der Waals surface area contributed by atoms with Gasteiger partial charge in [-0.2, -0.15) is 0 Å². The second kappa shape index (κ2) is 3.74. The summed E-state index contributed by atoms with van der Waals surface area (Å²) in [5.74, 6) is 0.624. The Labute approximate surface area is 86.3 Å².